The van der Waals surface area contributed by atoms with Gasteiger partial charge in [0.15, 0.2) is 5.78 Å². The summed E-state index contributed by atoms with van der Waals surface area (Å²) < 4.78 is 0. The largest absolute Gasteiger partial charge is 0.295 e. The average Bonchev–Trinajstić information content (AvgIpc) is 2.32. The van der Waals surface area contributed by atoms with Gasteiger partial charge in [-0.15, -0.1) is 0 Å². The molecule has 0 aliphatic heterocycles. The van der Waals surface area contributed by atoms with Crippen LogP contribution in [-0.2, 0) is 4.79 Å². The van der Waals surface area contributed by atoms with Crippen LogP contribution in [0.1, 0.15) is 52.4 Å². The van der Waals surface area contributed by atoms with E-state index in [1.54, 1.807) is 6.08 Å². The molecule has 18 heavy (non-hydrogen) atoms. The van der Waals surface area contributed by atoms with E-state index in [9.17, 15) is 4.79 Å². The van der Waals surface area contributed by atoms with Gasteiger partial charge in [0.1, 0.15) is 0 Å². The molecule has 4 rings (SSSR count). The molecule has 0 aromatic heterocycles. The number of allylic oxidation sites excluding steroid dienone is 1. The molecule has 0 atom stereocenters. The van der Waals surface area contributed by atoms with Gasteiger partial charge in [0.05, 0.1) is 0 Å². The Morgan fingerprint density at radius 2 is 1.67 bits per heavy atom. The fraction of sp³-hybridized carbons (Fsp3) is 0.824. The summed E-state index contributed by atoms with van der Waals surface area (Å²) in [6.45, 7) is 8.38. The second kappa shape index (κ2) is 4.21. The van der Waals surface area contributed by atoms with Gasteiger partial charge in [0.25, 0.3) is 0 Å². The third kappa shape index (κ3) is 1.62. The molecule has 0 spiro atoms. The van der Waals surface area contributed by atoms with Crippen LogP contribution >= 0.6 is 0 Å². The van der Waals surface area contributed by atoms with Crippen molar-refractivity contribution in [1.29, 1.82) is 0 Å². The number of ketones is 1. The summed E-state index contributed by atoms with van der Waals surface area (Å²) in [5.41, 5.74) is 0.304. The molecule has 4 saturated carbocycles. The topological polar surface area (TPSA) is 17.1 Å². The van der Waals surface area contributed by atoms with Crippen molar-refractivity contribution in [3.8, 4) is 0 Å². The van der Waals surface area contributed by atoms with Crippen molar-refractivity contribution in [2.45, 2.75) is 52.4 Å². The van der Waals surface area contributed by atoms with Crippen LogP contribution in [0.4, 0.5) is 0 Å². The molecule has 0 aromatic carbocycles. The average molecular weight is 246 g/mol. The van der Waals surface area contributed by atoms with E-state index >= 15 is 0 Å². The Morgan fingerprint density at radius 3 is 2.06 bits per heavy atom. The lowest BCUT2D eigenvalue weighted by molar-refractivity contribution is -0.149. The SMILES string of the molecule is C=CC(=O)CC1(C(C)C)C2CC3CC(C2)CC1C3. The normalized spacial score (nSPS) is 45.5. The number of hydrogen-bond donors (Lipinski definition) is 0. The molecule has 100 valence electrons. The number of hydrogen-bond acceptors (Lipinski definition) is 1. The molecule has 0 saturated heterocycles. The molecule has 1 nitrogen and oxygen atoms in total. The molecule has 4 aliphatic carbocycles. The first-order valence-electron chi connectivity index (χ1n) is 7.71. The minimum atomic E-state index is 0.274. The molecular formula is C17H26O. The summed E-state index contributed by atoms with van der Waals surface area (Å²) in [6.07, 6.45) is 9.39. The van der Waals surface area contributed by atoms with E-state index in [1.807, 2.05) is 0 Å². The lowest BCUT2D eigenvalue weighted by Crippen LogP contribution is -2.56. The van der Waals surface area contributed by atoms with Gasteiger partial charge in [-0.25, -0.2) is 0 Å². The molecule has 0 amide bonds. The number of carbonyl (C=O) groups is 1. The van der Waals surface area contributed by atoms with Crippen LogP contribution in [0.2, 0.25) is 0 Å². The van der Waals surface area contributed by atoms with E-state index in [0.717, 1.165) is 30.1 Å². The van der Waals surface area contributed by atoms with E-state index in [-0.39, 0.29) is 5.78 Å². The molecule has 0 heterocycles. The Balaban J connectivity index is 1.94. The maximum Gasteiger partial charge on any atom is 0.155 e. The Morgan fingerprint density at radius 1 is 1.17 bits per heavy atom. The van der Waals surface area contributed by atoms with Crippen molar-refractivity contribution in [1.82, 2.24) is 0 Å². The van der Waals surface area contributed by atoms with Crippen LogP contribution < -0.4 is 0 Å². The van der Waals surface area contributed by atoms with Crippen molar-refractivity contribution < 1.29 is 4.79 Å². The lowest BCUT2D eigenvalue weighted by Gasteiger charge is -2.63. The van der Waals surface area contributed by atoms with Gasteiger partial charge < -0.3 is 0 Å². The Bertz CT molecular complexity index is 338. The summed E-state index contributed by atoms with van der Waals surface area (Å²) in [5, 5.41) is 0. The van der Waals surface area contributed by atoms with Gasteiger partial charge in [0, 0.05) is 6.42 Å². The molecular weight excluding hydrogens is 220 g/mol. The van der Waals surface area contributed by atoms with Crippen LogP contribution in [0.5, 0.6) is 0 Å². The van der Waals surface area contributed by atoms with Crippen LogP contribution in [-0.4, -0.2) is 5.78 Å². The zero-order valence-corrected chi connectivity index (χ0v) is 11.8. The maximum atomic E-state index is 12.0. The van der Waals surface area contributed by atoms with Crippen molar-refractivity contribution in [2.24, 2.45) is 35.0 Å². The first-order chi connectivity index (χ1) is 8.56. The minimum Gasteiger partial charge on any atom is -0.295 e. The summed E-state index contributed by atoms with van der Waals surface area (Å²) in [6, 6.07) is 0. The van der Waals surface area contributed by atoms with Gasteiger partial charge >= 0.3 is 0 Å². The standard InChI is InChI=1S/C17H26O/c1-4-16(18)10-17(11(2)3)14-6-12-5-13(8-14)9-15(17)7-12/h4,11-15H,1,5-10H2,2-3H3. The van der Waals surface area contributed by atoms with Gasteiger partial charge in [-0.05, 0) is 73.2 Å². The maximum absolute atomic E-state index is 12.0. The smallest absolute Gasteiger partial charge is 0.155 e. The molecule has 4 fully saturated rings. The minimum absolute atomic E-state index is 0.274. The van der Waals surface area contributed by atoms with Crippen molar-refractivity contribution >= 4 is 5.78 Å². The fourth-order valence-corrected chi connectivity index (χ4v) is 5.87. The molecule has 0 unspecified atom stereocenters. The summed E-state index contributed by atoms with van der Waals surface area (Å²) in [4.78, 5) is 12.0. The first-order valence-corrected chi connectivity index (χ1v) is 7.71. The van der Waals surface area contributed by atoms with E-state index in [4.69, 9.17) is 0 Å². The summed E-state index contributed by atoms with van der Waals surface area (Å²) in [5.74, 6) is 4.51. The predicted molar refractivity (Wildman–Crippen MR) is 74.1 cm³/mol. The summed E-state index contributed by atoms with van der Waals surface area (Å²) >= 11 is 0. The van der Waals surface area contributed by atoms with E-state index in [0.29, 0.717) is 11.3 Å². The van der Waals surface area contributed by atoms with Gasteiger partial charge in [-0.2, -0.15) is 0 Å². The fourth-order valence-electron chi connectivity index (χ4n) is 5.87. The quantitative estimate of drug-likeness (QED) is 0.678. The highest BCUT2D eigenvalue weighted by molar-refractivity contribution is 5.89. The highest BCUT2D eigenvalue weighted by atomic mass is 16.1. The number of rotatable bonds is 4. The highest BCUT2D eigenvalue weighted by Crippen LogP contribution is 2.66. The van der Waals surface area contributed by atoms with E-state index in [2.05, 4.69) is 20.4 Å². The van der Waals surface area contributed by atoms with Crippen LogP contribution in [0.15, 0.2) is 12.7 Å². The highest BCUT2D eigenvalue weighted by Gasteiger charge is 2.58. The molecule has 1 heteroatoms. The third-order valence-corrected chi connectivity index (χ3v) is 6.44. The number of carbonyl (C=O) groups excluding carboxylic acids is 1. The molecule has 4 aliphatic rings. The Kier molecular flexibility index (Phi) is 2.91. The van der Waals surface area contributed by atoms with Crippen LogP contribution in [0.3, 0.4) is 0 Å². The molecule has 4 bridgehead atoms. The second-order valence-corrected chi connectivity index (χ2v) is 7.42. The van der Waals surface area contributed by atoms with Crippen molar-refractivity contribution in [2.75, 3.05) is 0 Å². The zero-order valence-electron chi connectivity index (χ0n) is 11.8. The monoisotopic (exact) mass is 246 g/mol. The van der Waals surface area contributed by atoms with Crippen LogP contribution in [0, 0.1) is 35.0 Å². The molecule has 0 radical (unpaired) electrons. The van der Waals surface area contributed by atoms with E-state index in [1.165, 1.54) is 32.1 Å². The lowest BCUT2D eigenvalue weighted by atomic mass is 9.42. The summed E-state index contributed by atoms with van der Waals surface area (Å²) in [7, 11) is 0. The first kappa shape index (κ1) is 12.4. The van der Waals surface area contributed by atoms with Gasteiger partial charge in [-0.1, -0.05) is 20.4 Å². The second-order valence-electron chi connectivity index (χ2n) is 7.42. The Labute approximate surface area is 111 Å². The van der Waals surface area contributed by atoms with Crippen LogP contribution in [0.25, 0.3) is 0 Å². The van der Waals surface area contributed by atoms with Crippen molar-refractivity contribution in [3.05, 3.63) is 12.7 Å². The molecule has 0 aromatic rings. The predicted octanol–water partition coefficient (Wildman–Crippen LogP) is 4.23. The Hall–Kier alpha value is -0.590. The zero-order chi connectivity index (χ0) is 12.9. The van der Waals surface area contributed by atoms with Gasteiger partial charge in [-0.3, -0.25) is 4.79 Å². The molecule has 0 N–H and O–H groups in total. The van der Waals surface area contributed by atoms with E-state index < -0.39 is 0 Å². The van der Waals surface area contributed by atoms with Gasteiger partial charge in [0.2, 0.25) is 0 Å². The third-order valence-electron chi connectivity index (χ3n) is 6.44. The van der Waals surface area contributed by atoms with Crippen molar-refractivity contribution in [3.63, 3.8) is 0 Å².